The van der Waals surface area contributed by atoms with E-state index in [1.807, 2.05) is 6.07 Å². The summed E-state index contributed by atoms with van der Waals surface area (Å²) in [6, 6.07) is 15.7. The fraction of sp³-hybridized carbons (Fsp3) is 0.111. The SMILES string of the molecule is O=C(NCCNC(=O)c1nc(-c2ccc(Cl)cc2)no1)c1ccccc1. The molecule has 0 aliphatic rings. The topological polar surface area (TPSA) is 97.1 Å². The standard InChI is InChI=1S/C18H15ClN4O3/c19-14-8-6-12(7-9-14)15-22-18(26-23-15)17(25)21-11-10-20-16(24)13-4-2-1-3-5-13/h1-9H,10-11H2,(H,20,24)(H,21,25). The normalized spacial score (nSPS) is 10.3. The summed E-state index contributed by atoms with van der Waals surface area (Å²) in [5.74, 6) is -0.567. The quantitative estimate of drug-likeness (QED) is 0.650. The van der Waals surface area contributed by atoms with Crippen LogP contribution in [0.1, 0.15) is 21.0 Å². The van der Waals surface area contributed by atoms with Gasteiger partial charge in [-0.25, -0.2) is 0 Å². The molecule has 0 aliphatic heterocycles. The highest BCUT2D eigenvalue weighted by Crippen LogP contribution is 2.18. The number of amides is 2. The van der Waals surface area contributed by atoms with Crippen molar-refractivity contribution in [2.75, 3.05) is 13.1 Å². The molecule has 0 atom stereocenters. The van der Waals surface area contributed by atoms with E-state index < -0.39 is 5.91 Å². The van der Waals surface area contributed by atoms with Gasteiger partial charge >= 0.3 is 11.8 Å². The molecule has 0 unspecified atom stereocenters. The molecule has 3 aromatic rings. The van der Waals surface area contributed by atoms with Gasteiger partial charge in [0.2, 0.25) is 5.82 Å². The van der Waals surface area contributed by atoms with E-state index in [1.54, 1.807) is 48.5 Å². The zero-order valence-corrected chi connectivity index (χ0v) is 14.4. The van der Waals surface area contributed by atoms with Gasteiger partial charge in [-0.05, 0) is 36.4 Å². The lowest BCUT2D eigenvalue weighted by Crippen LogP contribution is -2.34. The van der Waals surface area contributed by atoms with E-state index in [4.69, 9.17) is 16.1 Å². The molecule has 1 heterocycles. The van der Waals surface area contributed by atoms with Crippen LogP contribution in [0.2, 0.25) is 5.02 Å². The number of nitrogens with one attached hydrogen (secondary N) is 2. The molecule has 2 amide bonds. The maximum Gasteiger partial charge on any atom is 0.316 e. The first-order chi connectivity index (χ1) is 12.6. The maximum absolute atomic E-state index is 12.0. The lowest BCUT2D eigenvalue weighted by molar-refractivity contribution is 0.0898. The maximum atomic E-state index is 12.0. The fourth-order valence-corrected chi connectivity index (χ4v) is 2.28. The number of benzene rings is 2. The Morgan fingerprint density at radius 3 is 2.27 bits per heavy atom. The van der Waals surface area contributed by atoms with Crippen LogP contribution in [0.15, 0.2) is 59.1 Å². The molecule has 8 heteroatoms. The largest absolute Gasteiger partial charge is 0.350 e. The van der Waals surface area contributed by atoms with Crippen molar-refractivity contribution in [3.63, 3.8) is 0 Å². The summed E-state index contributed by atoms with van der Waals surface area (Å²) < 4.78 is 4.97. The fourth-order valence-electron chi connectivity index (χ4n) is 2.15. The highest BCUT2D eigenvalue weighted by atomic mass is 35.5. The summed E-state index contributed by atoms with van der Waals surface area (Å²) in [7, 11) is 0. The van der Waals surface area contributed by atoms with Gasteiger partial charge in [0.05, 0.1) is 0 Å². The minimum Gasteiger partial charge on any atom is -0.350 e. The number of hydrogen-bond acceptors (Lipinski definition) is 5. The average molecular weight is 371 g/mol. The Bertz CT molecular complexity index is 894. The van der Waals surface area contributed by atoms with Gasteiger partial charge in [-0.1, -0.05) is 35.0 Å². The monoisotopic (exact) mass is 370 g/mol. The molecule has 0 saturated carbocycles. The second kappa shape index (κ2) is 8.26. The van der Waals surface area contributed by atoms with Gasteiger partial charge in [-0.2, -0.15) is 4.98 Å². The molecule has 2 N–H and O–H groups in total. The van der Waals surface area contributed by atoms with Crippen molar-refractivity contribution in [3.05, 3.63) is 71.1 Å². The summed E-state index contributed by atoms with van der Waals surface area (Å²) >= 11 is 5.83. The summed E-state index contributed by atoms with van der Waals surface area (Å²) in [6.45, 7) is 0.508. The molecule has 26 heavy (non-hydrogen) atoms. The third-order valence-electron chi connectivity index (χ3n) is 3.45. The summed E-state index contributed by atoms with van der Waals surface area (Å²) in [4.78, 5) is 27.9. The van der Waals surface area contributed by atoms with Crippen molar-refractivity contribution in [3.8, 4) is 11.4 Å². The smallest absolute Gasteiger partial charge is 0.316 e. The van der Waals surface area contributed by atoms with Crippen LogP contribution in [0.4, 0.5) is 0 Å². The third-order valence-corrected chi connectivity index (χ3v) is 3.71. The van der Waals surface area contributed by atoms with Gasteiger partial charge in [0, 0.05) is 29.2 Å². The lowest BCUT2D eigenvalue weighted by Gasteiger charge is -2.05. The van der Waals surface area contributed by atoms with Crippen LogP contribution >= 0.6 is 11.6 Å². The van der Waals surface area contributed by atoms with Crippen LogP contribution < -0.4 is 10.6 Å². The van der Waals surface area contributed by atoms with Crippen LogP contribution in [0.25, 0.3) is 11.4 Å². The number of halogens is 1. The Labute approximate surface area is 154 Å². The number of carbonyl (C=O) groups excluding carboxylic acids is 2. The number of carbonyl (C=O) groups is 2. The van der Waals surface area contributed by atoms with Gasteiger partial charge in [0.25, 0.3) is 5.91 Å². The molecule has 3 rings (SSSR count). The van der Waals surface area contributed by atoms with Crippen LogP contribution in [0.5, 0.6) is 0 Å². The molecule has 1 aromatic heterocycles. The summed E-state index contributed by atoms with van der Waals surface area (Å²) in [5.41, 5.74) is 1.25. The minimum absolute atomic E-state index is 0.149. The molecule has 0 aliphatic carbocycles. The van der Waals surface area contributed by atoms with E-state index in [0.717, 1.165) is 0 Å². The minimum atomic E-state index is -0.508. The molecule has 0 saturated heterocycles. The zero-order chi connectivity index (χ0) is 18.4. The molecule has 0 radical (unpaired) electrons. The predicted octanol–water partition coefficient (Wildman–Crippen LogP) is 2.55. The van der Waals surface area contributed by atoms with Gasteiger partial charge in [0.1, 0.15) is 0 Å². The van der Waals surface area contributed by atoms with Gasteiger partial charge in [-0.15, -0.1) is 0 Å². The van der Waals surface area contributed by atoms with Gasteiger partial charge in [-0.3, -0.25) is 9.59 Å². The number of rotatable bonds is 6. The highest BCUT2D eigenvalue weighted by molar-refractivity contribution is 6.30. The van der Waals surface area contributed by atoms with E-state index in [1.165, 1.54) is 0 Å². The molecule has 2 aromatic carbocycles. The predicted molar refractivity (Wildman–Crippen MR) is 95.9 cm³/mol. The molecule has 132 valence electrons. The third kappa shape index (κ3) is 4.46. The molecule has 0 bridgehead atoms. The Hall–Kier alpha value is -3.19. The molecular formula is C18H15ClN4O3. The first-order valence-electron chi connectivity index (χ1n) is 7.84. The average Bonchev–Trinajstić information content (AvgIpc) is 3.16. The van der Waals surface area contributed by atoms with Crippen molar-refractivity contribution in [2.45, 2.75) is 0 Å². The van der Waals surface area contributed by atoms with Crippen molar-refractivity contribution < 1.29 is 14.1 Å². The second-order valence-corrected chi connectivity index (χ2v) is 5.74. The van der Waals surface area contributed by atoms with Crippen molar-refractivity contribution in [2.24, 2.45) is 0 Å². The second-order valence-electron chi connectivity index (χ2n) is 5.31. The Morgan fingerprint density at radius 1 is 0.923 bits per heavy atom. The first kappa shape index (κ1) is 17.6. The zero-order valence-electron chi connectivity index (χ0n) is 13.6. The molecule has 0 spiro atoms. The lowest BCUT2D eigenvalue weighted by atomic mass is 10.2. The van der Waals surface area contributed by atoms with Gasteiger partial charge < -0.3 is 15.2 Å². The Balaban J connectivity index is 1.48. The van der Waals surface area contributed by atoms with Gasteiger partial charge in [0.15, 0.2) is 0 Å². The summed E-state index contributed by atoms with van der Waals surface area (Å²) in [5, 5.41) is 9.68. The van der Waals surface area contributed by atoms with Crippen LogP contribution in [0, 0.1) is 0 Å². The van der Waals surface area contributed by atoms with E-state index in [0.29, 0.717) is 22.0 Å². The summed E-state index contributed by atoms with van der Waals surface area (Å²) in [6.07, 6.45) is 0. The number of nitrogens with zero attached hydrogens (tertiary/aromatic N) is 2. The van der Waals surface area contributed by atoms with Crippen molar-refractivity contribution >= 4 is 23.4 Å². The first-order valence-corrected chi connectivity index (χ1v) is 8.22. The van der Waals surface area contributed by atoms with E-state index >= 15 is 0 Å². The van der Waals surface area contributed by atoms with E-state index in [9.17, 15) is 9.59 Å². The Morgan fingerprint density at radius 2 is 1.58 bits per heavy atom. The van der Waals surface area contributed by atoms with Crippen molar-refractivity contribution in [1.29, 1.82) is 0 Å². The highest BCUT2D eigenvalue weighted by Gasteiger charge is 2.15. The van der Waals surface area contributed by atoms with Crippen LogP contribution in [-0.2, 0) is 0 Å². The number of aromatic nitrogens is 2. The van der Waals surface area contributed by atoms with E-state index in [-0.39, 0.29) is 24.9 Å². The van der Waals surface area contributed by atoms with Crippen LogP contribution in [-0.4, -0.2) is 35.0 Å². The number of hydrogen-bond donors (Lipinski definition) is 2. The van der Waals surface area contributed by atoms with Crippen molar-refractivity contribution in [1.82, 2.24) is 20.8 Å². The Kier molecular flexibility index (Phi) is 5.60. The molecule has 0 fully saturated rings. The van der Waals surface area contributed by atoms with Crippen LogP contribution in [0.3, 0.4) is 0 Å². The molecular weight excluding hydrogens is 356 g/mol. The molecule has 7 nitrogen and oxygen atoms in total. The van der Waals surface area contributed by atoms with E-state index in [2.05, 4.69) is 20.8 Å².